The predicted octanol–water partition coefficient (Wildman–Crippen LogP) is 1.09. The SMILES string of the molecule is Nc1nnc(CCC23COCC2C3)s1. The molecule has 1 aliphatic carbocycles. The molecule has 5 heteroatoms. The lowest BCUT2D eigenvalue weighted by Gasteiger charge is -2.07. The lowest BCUT2D eigenvalue weighted by Crippen LogP contribution is -2.06. The van der Waals surface area contributed by atoms with E-state index in [2.05, 4.69) is 10.2 Å². The van der Waals surface area contributed by atoms with Crippen LogP contribution in [0.4, 0.5) is 5.13 Å². The van der Waals surface area contributed by atoms with Gasteiger partial charge in [0, 0.05) is 6.42 Å². The second-order valence-electron chi connectivity index (χ2n) is 4.31. The third-order valence-corrected chi connectivity index (χ3v) is 4.20. The molecule has 2 atom stereocenters. The molecule has 2 heterocycles. The van der Waals surface area contributed by atoms with E-state index in [0.29, 0.717) is 10.5 Å². The van der Waals surface area contributed by atoms with Crippen LogP contribution >= 0.6 is 11.3 Å². The summed E-state index contributed by atoms with van der Waals surface area (Å²) in [6.07, 6.45) is 3.54. The van der Waals surface area contributed by atoms with Gasteiger partial charge < -0.3 is 10.5 Å². The zero-order valence-corrected chi connectivity index (χ0v) is 8.72. The zero-order chi connectivity index (χ0) is 9.60. The van der Waals surface area contributed by atoms with Crippen LogP contribution in [0.1, 0.15) is 17.8 Å². The molecule has 1 saturated heterocycles. The minimum atomic E-state index is 0.500. The molecule has 76 valence electrons. The van der Waals surface area contributed by atoms with Crippen molar-refractivity contribution >= 4 is 16.5 Å². The number of nitrogens with two attached hydrogens (primary N) is 1. The maximum atomic E-state index is 5.53. The summed E-state index contributed by atoms with van der Waals surface area (Å²) < 4.78 is 5.45. The van der Waals surface area contributed by atoms with Crippen LogP contribution in [0, 0.1) is 11.3 Å². The molecule has 4 nitrogen and oxygen atoms in total. The van der Waals surface area contributed by atoms with Gasteiger partial charge in [-0.1, -0.05) is 11.3 Å². The highest BCUT2D eigenvalue weighted by Crippen LogP contribution is 2.59. The van der Waals surface area contributed by atoms with Crippen LogP contribution in [0.2, 0.25) is 0 Å². The Morgan fingerprint density at radius 3 is 3.07 bits per heavy atom. The van der Waals surface area contributed by atoms with Gasteiger partial charge in [-0.2, -0.15) is 0 Å². The van der Waals surface area contributed by atoms with Crippen LogP contribution in [0.25, 0.3) is 0 Å². The molecule has 0 spiro atoms. The number of aryl methyl sites for hydroxylation is 1. The third kappa shape index (κ3) is 1.31. The van der Waals surface area contributed by atoms with Crippen molar-refractivity contribution in [1.82, 2.24) is 10.2 Å². The van der Waals surface area contributed by atoms with E-state index in [1.165, 1.54) is 24.2 Å². The molecule has 2 unspecified atom stereocenters. The minimum absolute atomic E-state index is 0.500. The van der Waals surface area contributed by atoms with Crippen molar-refractivity contribution < 1.29 is 4.74 Å². The number of nitrogen functional groups attached to an aromatic ring is 1. The largest absolute Gasteiger partial charge is 0.381 e. The first-order valence-corrected chi connectivity index (χ1v) is 5.76. The molecule has 2 N–H and O–H groups in total. The summed E-state index contributed by atoms with van der Waals surface area (Å²) in [5.74, 6) is 0.827. The van der Waals surface area contributed by atoms with Crippen molar-refractivity contribution in [3.63, 3.8) is 0 Å². The Morgan fingerprint density at radius 1 is 1.57 bits per heavy atom. The predicted molar refractivity (Wildman–Crippen MR) is 54.0 cm³/mol. The van der Waals surface area contributed by atoms with E-state index in [0.717, 1.165) is 30.6 Å². The Labute approximate surface area is 86.5 Å². The number of aromatic nitrogens is 2. The maximum Gasteiger partial charge on any atom is 0.203 e. The highest BCUT2D eigenvalue weighted by atomic mass is 32.1. The summed E-state index contributed by atoms with van der Waals surface area (Å²) in [4.78, 5) is 0. The minimum Gasteiger partial charge on any atom is -0.381 e. The van der Waals surface area contributed by atoms with E-state index in [1.807, 2.05) is 0 Å². The fraction of sp³-hybridized carbons (Fsp3) is 0.778. The smallest absolute Gasteiger partial charge is 0.203 e. The van der Waals surface area contributed by atoms with Crippen LogP contribution in [0.5, 0.6) is 0 Å². The van der Waals surface area contributed by atoms with Crippen LogP contribution in [-0.4, -0.2) is 23.4 Å². The molecule has 1 aliphatic heterocycles. The second-order valence-corrected chi connectivity index (χ2v) is 5.41. The van der Waals surface area contributed by atoms with Gasteiger partial charge in [-0.05, 0) is 24.2 Å². The number of fused-ring (bicyclic) bond motifs is 1. The van der Waals surface area contributed by atoms with Gasteiger partial charge in [-0.3, -0.25) is 0 Å². The maximum absolute atomic E-state index is 5.53. The quantitative estimate of drug-likeness (QED) is 0.813. The lowest BCUT2D eigenvalue weighted by atomic mass is 10.0. The van der Waals surface area contributed by atoms with E-state index in [9.17, 15) is 0 Å². The molecule has 0 radical (unpaired) electrons. The fourth-order valence-electron chi connectivity index (χ4n) is 2.35. The molecule has 0 aromatic carbocycles. The van der Waals surface area contributed by atoms with Gasteiger partial charge in [0.15, 0.2) is 0 Å². The number of hydrogen-bond donors (Lipinski definition) is 1. The average Bonchev–Trinajstić information content (AvgIpc) is 2.57. The van der Waals surface area contributed by atoms with Crippen LogP contribution in [0.3, 0.4) is 0 Å². The monoisotopic (exact) mass is 211 g/mol. The van der Waals surface area contributed by atoms with Gasteiger partial charge >= 0.3 is 0 Å². The van der Waals surface area contributed by atoms with Crippen molar-refractivity contribution in [3.05, 3.63) is 5.01 Å². The number of anilines is 1. The average molecular weight is 211 g/mol. The van der Waals surface area contributed by atoms with Gasteiger partial charge in [0.25, 0.3) is 0 Å². The van der Waals surface area contributed by atoms with E-state index in [-0.39, 0.29) is 0 Å². The Bertz CT molecular complexity index is 354. The molecular formula is C9H13N3OS. The Morgan fingerprint density at radius 2 is 2.50 bits per heavy atom. The summed E-state index contributed by atoms with van der Waals surface area (Å²) in [7, 11) is 0. The summed E-state index contributed by atoms with van der Waals surface area (Å²) in [6, 6.07) is 0. The zero-order valence-electron chi connectivity index (χ0n) is 7.90. The molecule has 1 aromatic rings. The second kappa shape index (κ2) is 2.90. The Hall–Kier alpha value is -0.680. The summed E-state index contributed by atoms with van der Waals surface area (Å²) >= 11 is 1.50. The van der Waals surface area contributed by atoms with Gasteiger partial charge in [0.05, 0.1) is 13.2 Å². The first-order valence-electron chi connectivity index (χ1n) is 4.94. The molecule has 3 rings (SSSR count). The number of rotatable bonds is 3. The molecule has 1 saturated carbocycles. The van der Waals surface area contributed by atoms with E-state index < -0.39 is 0 Å². The van der Waals surface area contributed by atoms with E-state index >= 15 is 0 Å². The van der Waals surface area contributed by atoms with Gasteiger partial charge in [0.1, 0.15) is 5.01 Å². The van der Waals surface area contributed by atoms with E-state index in [1.54, 1.807) is 0 Å². The molecule has 2 aliphatic rings. The van der Waals surface area contributed by atoms with Crippen molar-refractivity contribution in [1.29, 1.82) is 0 Å². The van der Waals surface area contributed by atoms with Crippen molar-refractivity contribution in [2.24, 2.45) is 11.3 Å². The number of hydrogen-bond acceptors (Lipinski definition) is 5. The summed E-state index contributed by atoms with van der Waals surface area (Å²) in [5, 5.41) is 9.48. The topological polar surface area (TPSA) is 61.0 Å². The van der Waals surface area contributed by atoms with Gasteiger partial charge in [-0.25, -0.2) is 0 Å². The summed E-state index contributed by atoms with van der Waals surface area (Å²) in [6.45, 7) is 1.92. The fourth-order valence-corrected chi connectivity index (χ4v) is 2.96. The molecule has 1 aromatic heterocycles. The Balaban J connectivity index is 1.60. The van der Waals surface area contributed by atoms with Crippen molar-refractivity contribution in [2.45, 2.75) is 19.3 Å². The molecule has 2 fully saturated rings. The highest BCUT2D eigenvalue weighted by molar-refractivity contribution is 7.15. The third-order valence-electron chi connectivity index (χ3n) is 3.39. The van der Waals surface area contributed by atoms with Crippen LogP contribution in [-0.2, 0) is 11.2 Å². The molecular weight excluding hydrogens is 198 g/mol. The molecule has 14 heavy (non-hydrogen) atoms. The first-order chi connectivity index (χ1) is 6.78. The van der Waals surface area contributed by atoms with Crippen LogP contribution in [0.15, 0.2) is 0 Å². The lowest BCUT2D eigenvalue weighted by molar-refractivity contribution is 0.144. The van der Waals surface area contributed by atoms with E-state index in [4.69, 9.17) is 10.5 Å². The standard InChI is InChI=1S/C9H13N3OS/c10-8-12-11-7(14-8)1-2-9-3-6(9)4-13-5-9/h6H,1-5H2,(H2,10,12). The van der Waals surface area contributed by atoms with Crippen LogP contribution < -0.4 is 5.73 Å². The van der Waals surface area contributed by atoms with Crippen molar-refractivity contribution in [2.75, 3.05) is 18.9 Å². The van der Waals surface area contributed by atoms with Crippen molar-refractivity contribution in [3.8, 4) is 0 Å². The number of ether oxygens (including phenoxy) is 1. The first kappa shape index (κ1) is 8.61. The number of nitrogens with zero attached hydrogens (tertiary/aromatic N) is 2. The highest BCUT2D eigenvalue weighted by Gasteiger charge is 2.57. The van der Waals surface area contributed by atoms with Gasteiger partial charge in [0.2, 0.25) is 5.13 Å². The Kier molecular flexibility index (Phi) is 1.79. The molecule has 0 amide bonds. The van der Waals surface area contributed by atoms with Gasteiger partial charge in [-0.15, -0.1) is 10.2 Å². The molecule has 0 bridgehead atoms. The summed E-state index contributed by atoms with van der Waals surface area (Å²) in [5.41, 5.74) is 6.03. The normalized spacial score (nSPS) is 34.4.